The molecule has 0 saturated heterocycles. The largest absolute Gasteiger partial charge is 0.449 e. The van der Waals surface area contributed by atoms with Gasteiger partial charge < -0.3 is 14.7 Å². The van der Waals surface area contributed by atoms with E-state index in [1.807, 2.05) is 0 Å². The van der Waals surface area contributed by atoms with E-state index >= 15 is 0 Å². The molecule has 0 aliphatic carbocycles. The van der Waals surface area contributed by atoms with Crippen molar-refractivity contribution in [1.29, 1.82) is 0 Å². The standard InChI is InChI=1S/C20H24N2O6S/c1-13(23)15-7-11-18(12-8-15)29(26,27)21-17-9-5-16(6-10-17)20(25)28-14(2)19(24)22(3)4/h5-14,21,23H,1-4H3/t13-,14-/m1/s1. The van der Waals surface area contributed by atoms with Crippen LogP contribution in [0.3, 0.4) is 0 Å². The molecule has 0 aliphatic heterocycles. The van der Waals surface area contributed by atoms with Crippen molar-refractivity contribution in [3.05, 3.63) is 59.7 Å². The van der Waals surface area contributed by atoms with E-state index in [0.717, 1.165) is 0 Å². The lowest BCUT2D eigenvalue weighted by molar-refractivity contribution is -0.137. The van der Waals surface area contributed by atoms with E-state index in [0.29, 0.717) is 5.56 Å². The molecule has 29 heavy (non-hydrogen) atoms. The van der Waals surface area contributed by atoms with E-state index in [1.165, 1.54) is 60.4 Å². The van der Waals surface area contributed by atoms with Gasteiger partial charge >= 0.3 is 5.97 Å². The topological polar surface area (TPSA) is 113 Å². The molecule has 0 aliphatic rings. The first-order valence-electron chi connectivity index (χ1n) is 8.84. The highest BCUT2D eigenvalue weighted by Crippen LogP contribution is 2.20. The first-order valence-corrected chi connectivity index (χ1v) is 10.3. The van der Waals surface area contributed by atoms with Gasteiger partial charge in [-0.1, -0.05) is 12.1 Å². The van der Waals surface area contributed by atoms with Gasteiger partial charge in [-0.15, -0.1) is 0 Å². The zero-order valence-electron chi connectivity index (χ0n) is 16.6. The summed E-state index contributed by atoms with van der Waals surface area (Å²) in [6.07, 6.45) is -1.62. The van der Waals surface area contributed by atoms with Crippen molar-refractivity contribution in [2.45, 2.75) is 31.0 Å². The summed E-state index contributed by atoms with van der Waals surface area (Å²) in [5.41, 5.74) is 1.06. The van der Waals surface area contributed by atoms with Crippen LogP contribution in [0.2, 0.25) is 0 Å². The van der Waals surface area contributed by atoms with Crippen LogP contribution in [0.15, 0.2) is 53.4 Å². The molecular formula is C20H24N2O6S. The van der Waals surface area contributed by atoms with Gasteiger partial charge in [0.1, 0.15) is 0 Å². The summed E-state index contributed by atoms with van der Waals surface area (Å²) in [7, 11) is -0.705. The van der Waals surface area contributed by atoms with Gasteiger partial charge in [0, 0.05) is 19.8 Å². The Balaban J connectivity index is 2.08. The van der Waals surface area contributed by atoms with E-state index in [9.17, 15) is 23.1 Å². The second-order valence-electron chi connectivity index (χ2n) is 6.71. The SMILES string of the molecule is C[C@@H](OC(=O)c1ccc(NS(=O)(=O)c2ccc([C@@H](C)O)cc2)cc1)C(=O)N(C)C. The van der Waals surface area contributed by atoms with Crippen molar-refractivity contribution in [2.24, 2.45) is 0 Å². The highest BCUT2D eigenvalue weighted by atomic mass is 32.2. The predicted molar refractivity (Wildman–Crippen MR) is 108 cm³/mol. The number of likely N-dealkylation sites (N-methyl/N-ethyl adjacent to an activating group) is 1. The molecule has 2 rings (SSSR count). The third kappa shape index (κ3) is 5.78. The molecule has 0 aromatic heterocycles. The fourth-order valence-corrected chi connectivity index (χ4v) is 3.52. The van der Waals surface area contributed by atoms with Crippen molar-refractivity contribution in [3.8, 4) is 0 Å². The Kier molecular flexibility index (Phi) is 6.99. The van der Waals surface area contributed by atoms with Crippen molar-refractivity contribution in [2.75, 3.05) is 18.8 Å². The van der Waals surface area contributed by atoms with Crippen LogP contribution in [-0.2, 0) is 19.6 Å². The molecule has 2 N–H and O–H groups in total. The van der Waals surface area contributed by atoms with Crippen molar-refractivity contribution in [3.63, 3.8) is 0 Å². The van der Waals surface area contributed by atoms with Gasteiger partial charge in [-0.05, 0) is 55.8 Å². The molecule has 0 unspecified atom stereocenters. The molecule has 0 bridgehead atoms. The van der Waals surface area contributed by atoms with Crippen LogP contribution >= 0.6 is 0 Å². The number of nitrogens with one attached hydrogen (secondary N) is 1. The first kappa shape index (κ1) is 22.4. The smallest absolute Gasteiger partial charge is 0.338 e. The number of nitrogens with zero attached hydrogens (tertiary/aromatic N) is 1. The minimum absolute atomic E-state index is 0.0430. The van der Waals surface area contributed by atoms with E-state index < -0.39 is 28.2 Å². The van der Waals surface area contributed by atoms with Crippen LogP contribution < -0.4 is 4.72 Å². The molecule has 0 spiro atoms. The maximum atomic E-state index is 12.5. The number of amides is 1. The van der Waals surface area contributed by atoms with Gasteiger partial charge in [-0.3, -0.25) is 9.52 Å². The number of anilines is 1. The number of carbonyl (C=O) groups excluding carboxylic acids is 2. The Hall–Kier alpha value is -2.91. The number of carbonyl (C=O) groups is 2. The normalized spacial score (nSPS) is 13.3. The van der Waals surface area contributed by atoms with Gasteiger partial charge in [0.05, 0.1) is 16.6 Å². The summed E-state index contributed by atoms with van der Waals surface area (Å²) in [5.74, 6) is -1.03. The maximum Gasteiger partial charge on any atom is 0.338 e. The zero-order chi connectivity index (χ0) is 21.8. The van der Waals surface area contributed by atoms with Crippen LogP contribution in [0, 0.1) is 0 Å². The fraction of sp³-hybridized carbons (Fsp3) is 0.300. The van der Waals surface area contributed by atoms with Gasteiger partial charge in [0.25, 0.3) is 15.9 Å². The minimum Gasteiger partial charge on any atom is -0.449 e. The number of aliphatic hydroxyl groups is 1. The Morgan fingerprint density at radius 3 is 2.03 bits per heavy atom. The monoisotopic (exact) mass is 420 g/mol. The summed E-state index contributed by atoms with van der Waals surface area (Å²) in [6.45, 7) is 3.07. The third-order valence-electron chi connectivity index (χ3n) is 4.12. The number of aliphatic hydroxyl groups excluding tert-OH is 1. The predicted octanol–water partition coefficient (Wildman–Crippen LogP) is 2.17. The summed E-state index contributed by atoms with van der Waals surface area (Å²) in [6, 6.07) is 11.5. The number of esters is 1. The second kappa shape index (κ2) is 9.06. The van der Waals surface area contributed by atoms with E-state index in [4.69, 9.17) is 4.74 Å². The lowest BCUT2D eigenvalue weighted by Gasteiger charge is -2.17. The first-order chi connectivity index (χ1) is 13.5. The summed E-state index contributed by atoms with van der Waals surface area (Å²) in [5, 5.41) is 9.51. The molecule has 8 nitrogen and oxygen atoms in total. The lowest BCUT2D eigenvalue weighted by atomic mass is 10.1. The van der Waals surface area contributed by atoms with Gasteiger partial charge in [-0.25, -0.2) is 13.2 Å². The second-order valence-corrected chi connectivity index (χ2v) is 8.39. The minimum atomic E-state index is -3.83. The number of benzene rings is 2. The average Bonchev–Trinajstić information content (AvgIpc) is 2.67. The van der Waals surface area contributed by atoms with E-state index in [1.54, 1.807) is 21.0 Å². The van der Waals surface area contributed by atoms with Crippen LogP contribution in [-0.4, -0.2) is 50.5 Å². The molecule has 2 aromatic rings. The molecule has 0 fully saturated rings. The number of sulfonamides is 1. The van der Waals surface area contributed by atoms with Gasteiger partial charge in [0.15, 0.2) is 6.10 Å². The van der Waals surface area contributed by atoms with Crippen LogP contribution in [0.1, 0.15) is 35.9 Å². The van der Waals surface area contributed by atoms with Crippen LogP contribution in [0.4, 0.5) is 5.69 Å². The summed E-state index contributed by atoms with van der Waals surface area (Å²) >= 11 is 0. The van der Waals surface area contributed by atoms with Crippen molar-refractivity contribution < 1.29 is 27.9 Å². The molecule has 0 heterocycles. The Bertz CT molecular complexity index is 967. The number of ether oxygens (including phenoxy) is 1. The molecule has 2 atom stereocenters. The van der Waals surface area contributed by atoms with E-state index in [-0.39, 0.29) is 22.1 Å². The molecule has 0 saturated carbocycles. The van der Waals surface area contributed by atoms with Crippen LogP contribution in [0.25, 0.3) is 0 Å². The fourth-order valence-electron chi connectivity index (χ4n) is 2.46. The van der Waals surface area contributed by atoms with Crippen molar-refractivity contribution in [1.82, 2.24) is 4.90 Å². The number of hydrogen-bond acceptors (Lipinski definition) is 6. The maximum absolute atomic E-state index is 12.5. The molecule has 0 radical (unpaired) electrons. The summed E-state index contributed by atoms with van der Waals surface area (Å²) in [4.78, 5) is 25.3. The van der Waals surface area contributed by atoms with Crippen LogP contribution in [0.5, 0.6) is 0 Å². The van der Waals surface area contributed by atoms with Gasteiger partial charge in [-0.2, -0.15) is 0 Å². The summed E-state index contributed by atoms with van der Waals surface area (Å²) < 4.78 is 32.5. The third-order valence-corrected chi connectivity index (χ3v) is 5.52. The highest BCUT2D eigenvalue weighted by Gasteiger charge is 2.20. The Labute approximate surface area is 170 Å². The van der Waals surface area contributed by atoms with Crippen molar-refractivity contribution >= 4 is 27.6 Å². The Morgan fingerprint density at radius 1 is 1.00 bits per heavy atom. The molecule has 9 heteroatoms. The number of hydrogen-bond donors (Lipinski definition) is 2. The molecular weight excluding hydrogens is 396 g/mol. The molecule has 1 amide bonds. The average molecular weight is 420 g/mol. The highest BCUT2D eigenvalue weighted by molar-refractivity contribution is 7.92. The molecule has 156 valence electrons. The Morgan fingerprint density at radius 2 is 1.55 bits per heavy atom. The van der Waals surface area contributed by atoms with Gasteiger partial charge in [0.2, 0.25) is 0 Å². The van der Waals surface area contributed by atoms with E-state index in [2.05, 4.69) is 4.72 Å². The zero-order valence-corrected chi connectivity index (χ0v) is 17.4. The number of rotatable bonds is 7. The molecule has 2 aromatic carbocycles. The quantitative estimate of drug-likeness (QED) is 0.664. The lowest BCUT2D eigenvalue weighted by Crippen LogP contribution is -2.34.